The first-order chi connectivity index (χ1) is 13.1. The summed E-state index contributed by atoms with van der Waals surface area (Å²) >= 11 is 0. The zero-order chi connectivity index (χ0) is 21.2. The summed E-state index contributed by atoms with van der Waals surface area (Å²) < 4.78 is 10.1. The van der Waals surface area contributed by atoms with Gasteiger partial charge in [-0.2, -0.15) is 0 Å². The lowest BCUT2D eigenvalue weighted by Crippen LogP contribution is -2.27. The fourth-order valence-corrected chi connectivity index (χ4v) is 2.21. The summed E-state index contributed by atoms with van der Waals surface area (Å²) in [6, 6.07) is 6.57. The van der Waals surface area contributed by atoms with E-state index >= 15 is 0 Å². The lowest BCUT2D eigenvalue weighted by Gasteiger charge is -2.19. The van der Waals surface area contributed by atoms with Crippen LogP contribution in [0.1, 0.15) is 50.9 Å². The van der Waals surface area contributed by atoms with Crippen LogP contribution in [0.15, 0.2) is 36.9 Å². The molecular formula is C21H30N2O5. The van der Waals surface area contributed by atoms with E-state index in [9.17, 15) is 14.4 Å². The van der Waals surface area contributed by atoms with Crippen molar-refractivity contribution in [3.05, 3.63) is 42.5 Å². The summed E-state index contributed by atoms with van der Waals surface area (Å²) in [6.45, 7) is 11.3. The number of rotatable bonds is 9. The molecule has 0 bridgehead atoms. The van der Waals surface area contributed by atoms with Gasteiger partial charge in [0.2, 0.25) is 5.91 Å². The van der Waals surface area contributed by atoms with Crippen molar-refractivity contribution in [1.82, 2.24) is 5.32 Å². The maximum Gasteiger partial charge on any atom is 0.407 e. The molecule has 0 aliphatic heterocycles. The Labute approximate surface area is 166 Å². The van der Waals surface area contributed by atoms with E-state index in [4.69, 9.17) is 9.47 Å². The summed E-state index contributed by atoms with van der Waals surface area (Å²) in [7, 11) is 0. The SMILES string of the molecule is C=CCOC(=O)NCCC[C@H](C)C(=O)Nc1ccc(C(=O)OC(C)(C)C)cc1. The lowest BCUT2D eigenvalue weighted by molar-refractivity contribution is -0.119. The van der Waals surface area contributed by atoms with E-state index in [1.165, 1.54) is 6.08 Å². The van der Waals surface area contributed by atoms with Crippen molar-refractivity contribution < 1.29 is 23.9 Å². The summed E-state index contributed by atoms with van der Waals surface area (Å²) in [6.07, 6.45) is 2.26. The van der Waals surface area contributed by atoms with Crippen LogP contribution in [0.3, 0.4) is 0 Å². The molecule has 0 heterocycles. The third-order valence-corrected chi connectivity index (χ3v) is 3.65. The maximum atomic E-state index is 12.3. The van der Waals surface area contributed by atoms with Crippen LogP contribution in [-0.4, -0.2) is 36.7 Å². The minimum atomic E-state index is -0.559. The molecule has 0 saturated carbocycles. The van der Waals surface area contributed by atoms with E-state index in [2.05, 4.69) is 17.2 Å². The number of hydrogen-bond acceptors (Lipinski definition) is 5. The molecule has 0 aliphatic rings. The number of anilines is 1. The van der Waals surface area contributed by atoms with E-state index in [1.807, 2.05) is 6.92 Å². The number of ether oxygens (including phenoxy) is 2. The van der Waals surface area contributed by atoms with Gasteiger partial charge in [-0.3, -0.25) is 4.79 Å². The number of nitrogens with one attached hydrogen (secondary N) is 2. The van der Waals surface area contributed by atoms with Crippen LogP contribution in [0.5, 0.6) is 0 Å². The number of amides is 2. The first-order valence-corrected chi connectivity index (χ1v) is 9.28. The van der Waals surface area contributed by atoms with Gasteiger partial charge in [-0.15, -0.1) is 0 Å². The Hall–Kier alpha value is -2.83. The zero-order valence-electron chi connectivity index (χ0n) is 17.0. The first-order valence-electron chi connectivity index (χ1n) is 9.28. The third-order valence-electron chi connectivity index (χ3n) is 3.65. The van der Waals surface area contributed by atoms with Crippen LogP contribution >= 0.6 is 0 Å². The summed E-state index contributed by atoms with van der Waals surface area (Å²) in [4.78, 5) is 35.5. The second-order valence-electron chi connectivity index (χ2n) is 7.43. The highest BCUT2D eigenvalue weighted by Crippen LogP contribution is 2.16. The average Bonchev–Trinajstić information content (AvgIpc) is 2.62. The second kappa shape index (κ2) is 11.1. The minimum absolute atomic E-state index is 0.126. The van der Waals surface area contributed by atoms with Crippen molar-refractivity contribution in [2.24, 2.45) is 5.92 Å². The molecule has 1 atom stereocenters. The Bertz CT molecular complexity index is 677. The summed E-state index contributed by atoms with van der Waals surface area (Å²) in [5, 5.41) is 5.43. The number of esters is 1. The van der Waals surface area contributed by atoms with E-state index in [0.29, 0.717) is 30.6 Å². The first kappa shape index (κ1) is 23.2. The van der Waals surface area contributed by atoms with Crippen molar-refractivity contribution in [2.45, 2.75) is 46.1 Å². The number of carbonyl (C=O) groups excluding carboxylic acids is 3. The van der Waals surface area contributed by atoms with Gasteiger partial charge in [-0.1, -0.05) is 19.6 Å². The molecule has 1 rings (SSSR count). The predicted octanol–water partition coefficient (Wildman–Crippen LogP) is 3.91. The van der Waals surface area contributed by atoms with Crippen molar-refractivity contribution in [3.63, 3.8) is 0 Å². The fourth-order valence-electron chi connectivity index (χ4n) is 2.21. The molecule has 0 unspecified atom stereocenters. The van der Waals surface area contributed by atoms with E-state index < -0.39 is 17.7 Å². The Kier molecular flexibility index (Phi) is 9.21. The largest absolute Gasteiger partial charge is 0.456 e. The number of hydrogen-bond donors (Lipinski definition) is 2. The Balaban J connectivity index is 2.40. The molecule has 28 heavy (non-hydrogen) atoms. The second-order valence-corrected chi connectivity index (χ2v) is 7.43. The molecule has 0 fully saturated rings. The quantitative estimate of drug-likeness (QED) is 0.379. The van der Waals surface area contributed by atoms with Gasteiger partial charge in [0.05, 0.1) is 5.56 Å². The Morgan fingerprint density at radius 2 is 1.82 bits per heavy atom. The van der Waals surface area contributed by atoms with Crippen LogP contribution in [0, 0.1) is 5.92 Å². The number of carbonyl (C=O) groups is 3. The van der Waals surface area contributed by atoms with Gasteiger partial charge in [-0.05, 0) is 57.9 Å². The molecule has 0 spiro atoms. The molecule has 1 aromatic rings. The van der Waals surface area contributed by atoms with Crippen LogP contribution in [0.25, 0.3) is 0 Å². The number of benzene rings is 1. The van der Waals surface area contributed by atoms with Crippen molar-refractivity contribution in [3.8, 4) is 0 Å². The van der Waals surface area contributed by atoms with Gasteiger partial charge in [0.1, 0.15) is 12.2 Å². The topological polar surface area (TPSA) is 93.7 Å². The maximum absolute atomic E-state index is 12.3. The predicted molar refractivity (Wildman–Crippen MR) is 108 cm³/mol. The Morgan fingerprint density at radius 3 is 2.39 bits per heavy atom. The van der Waals surface area contributed by atoms with Crippen LogP contribution < -0.4 is 10.6 Å². The molecule has 0 aromatic heterocycles. The highest BCUT2D eigenvalue weighted by atomic mass is 16.6. The van der Waals surface area contributed by atoms with Crippen molar-refractivity contribution in [1.29, 1.82) is 0 Å². The molecule has 2 amide bonds. The average molecular weight is 390 g/mol. The van der Waals surface area contributed by atoms with Gasteiger partial charge >= 0.3 is 12.1 Å². The molecule has 1 aromatic carbocycles. The van der Waals surface area contributed by atoms with Gasteiger partial charge < -0.3 is 20.1 Å². The van der Waals surface area contributed by atoms with Gasteiger partial charge in [0, 0.05) is 18.2 Å². The molecule has 7 heteroatoms. The highest BCUT2D eigenvalue weighted by molar-refractivity contribution is 5.94. The van der Waals surface area contributed by atoms with Crippen LogP contribution in [0.4, 0.5) is 10.5 Å². The molecule has 0 radical (unpaired) electrons. The molecule has 0 aliphatic carbocycles. The fraction of sp³-hybridized carbons (Fsp3) is 0.476. The monoisotopic (exact) mass is 390 g/mol. The van der Waals surface area contributed by atoms with Crippen LogP contribution in [-0.2, 0) is 14.3 Å². The highest BCUT2D eigenvalue weighted by Gasteiger charge is 2.18. The van der Waals surface area contributed by atoms with Gasteiger partial charge in [0.15, 0.2) is 0 Å². The summed E-state index contributed by atoms with van der Waals surface area (Å²) in [5.41, 5.74) is 0.474. The number of alkyl carbamates (subject to hydrolysis) is 1. The minimum Gasteiger partial charge on any atom is -0.456 e. The van der Waals surface area contributed by atoms with E-state index in [0.717, 1.165) is 0 Å². The van der Waals surface area contributed by atoms with E-state index in [-0.39, 0.29) is 18.4 Å². The standard InChI is InChI=1S/C21H30N2O5/c1-6-14-27-20(26)22-13-7-8-15(2)18(24)23-17-11-9-16(10-12-17)19(25)28-21(3,4)5/h6,9-12,15H,1,7-8,13-14H2,2-5H3,(H,22,26)(H,23,24)/t15-/m0/s1. The third kappa shape index (κ3) is 9.21. The van der Waals surface area contributed by atoms with Crippen LogP contribution in [0.2, 0.25) is 0 Å². The summed E-state index contributed by atoms with van der Waals surface area (Å²) in [5.74, 6) is -0.756. The zero-order valence-corrected chi connectivity index (χ0v) is 17.0. The van der Waals surface area contributed by atoms with E-state index in [1.54, 1.807) is 45.0 Å². The lowest BCUT2D eigenvalue weighted by atomic mass is 10.0. The normalized spacial score (nSPS) is 11.9. The van der Waals surface area contributed by atoms with Crippen molar-refractivity contribution in [2.75, 3.05) is 18.5 Å². The molecule has 7 nitrogen and oxygen atoms in total. The smallest absolute Gasteiger partial charge is 0.407 e. The molecule has 154 valence electrons. The van der Waals surface area contributed by atoms with Gasteiger partial charge in [0.25, 0.3) is 0 Å². The van der Waals surface area contributed by atoms with Crippen molar-refractivity contribution >= 4 is 23.7 Å². The molecule has 2 N–H and O–H groups in total. The van der Waals surface area contributed by atoms with Gasteiger partial charge in [-0.25, -0.2) is 9.59 Å². The molecule has 0 saturated heterocycles. The molecular weight excluding hydrogens is 360 g/mol. The Morgan fingerprint density at radius 1 is 1.18 bits per heavy atom.